The van der Waals surface area contributed by atoms with Gasteiger partial charge in [0.1, 0.15) is 6.04 Å². The third kappa shape index (κ3) is 5.38. The number of amides is 2. The van der Waals surface area contributed by atoms with Gasteiger partial charge in [-0.1, -0.05) is 32.0 Å². The van der Waals surface area contributed by atoms with Gasteiger partial charge in [-0.15, -0.1) is 0 Å². The molecule has 3 N–H and O–H groups in total. The van der Waals surface area contributed by atoms with Crippen LogP contribution in [0.1, 0.15) is 26.0 Å². The van der Waals surface area contributed by atoms with E-state index in [1.807, 2.05) is 13.8 Å². The van der Waals surface area contributed by atoms with Gasteiger partial charge in [0.25, 0.3) is 5.56 Å². The van der Waals surface area contributed by atoms with Crippen molar-refractivity contribution in [1.82, 2.24) is 20.4 Å². The quantitative estimate of drug-likeness (QED) is 0.592. The lowest BCUT2D eigenvalue weighted by Crippen LogP contribution is -2.46. The molecule has 1 aromatic carbocycles. The SMILES string of the molecule is CC(C)C[C@H](NC(=O)CNC(=O)Cc1nn(C)c(=O)c2ccccc12)C(=O)O. The second-order valence-electron chi connectivity index (χ2n) is 6.96. The maximum absolute atomic E-state index is 12.2. The van der Waals surface area contributed by atoms with E-state index in [4.69, 9.17) is 5.11 Å². The Morgan fingerprint density at radius 2 is 1.79 bits per heavy atom. The lowest BCUT2D eigenvalue weighted by atomic mass is 10.0. The summed E-state index contributed by atoms with van der Waals surface area (Å²) in [5, 5.41) is 19.2. The fourth-order valence-electron chi connectivity index (χ4n) is 2.84. The van der Waals surface area contributed by atoms with Gasteiger partial charge in [0, 0.05) is 12.4 Å². The number of aromatic nitrogens is 2. The number of carboxylic acids is 1. The molecule has 0 unspecified atom stereocenters. The summed E-state index contributed by atoms with van der Waals surface area (Å²) < 4.78 is 1.17. The van der Waals surface area contributed by atoms with Crippen LogP contribution in [0.2, 0.25) is 0 Å². The largest absolute Gasteiger partial charge is 0.480 e. The Hall–Kier alpha value is -3.23. The highest BCUT2D eigenvalue weighted by Crippen LogP contribution is 2.13. The number of hydrogen-bond acceptors (Lipinski definition) is 5. The molecule has 1 aromatic heterocycles. The second kappa shape index (κ2) is 9.12. The van der Waals surface area contributed by atoms with Crippen molar-refractivity contribution in [3.8, 4) is 0 Å². The van der Waals surface area contributed by atoms with Gasteiger partial charge in [0.2, 0.25) is 11.8 Å². The van der Waals surface area contributed by atoms with E-state index in [1.54, 1.807) is 24.3 Å². The van der Waals surface area contributed by atoms with Crippen LogP contribution in [-0.4, -0.2) is 45.3 Å². The molecule has 0 fully saturated rings. The predicted octanol–water partition coefficient (Wildman–Crippen LogP) is 0.208. The Morgan fingerprint density at radius 1 is 1.14 bits per heavy atom. The summed E-state index contributed by atoms with van der Waals surface area (Å²) in [7, 11) is 1.50. The summed E-state index contributed by atoms with van der Waals surface area (Å²) in [6, 6.07) is 5.85. The number of carboxylic acid groups (broad SMARTS) is 1. The first kappa shape index (κ1) is 21.1. The molecular formula is C19H24N4O5. The van der Waals surface area contributed by atoms with E-state index < -0.39 is 23.8 Å². The van der Waals surface area contributed by atoms with Crippen LogP contribution in [0, 0.1) is 5.92 Å². The van der Waals surface area contributed by atoms with E-state index in [-0.39, 0.29) is 24.4 Å². The molecule has 1 heterocycles. The van der Waals surface area contributed by atoms with Crippen molar-refractivity contribution in [2.75, 3.05) is 6.54 Å². The molecule has 1 atom stereocenters. The van der Waals surface area contributed by atoms with Gasteiger partial charge >= 0.3 is 5.97 Å². The number of carbonyl (C=O) groups is 3. The van der Waals surface area contributed by atoms with E-state index in [2.05, 4.69) is 15.7 Å². The summed E-state index contributed by atoms with van der Waals surface area (Å²) in [6.07, 6.45) is 0.180. The van der Waals surface area contributed by atoms with Gasteiger partial charge < -0.3 is 15.7 Å². The summed E-state index contributed by atoms with van der Waals surface area (Å²) in [5.74, 6) is -2.06. The number of aliphatic carboxylic acids is 1. The van der Waals surface area contributed by atoms with Crippen molar-refractivity contribution >= 4 is 28.6 Å². The van der Waals surface area contributed by atoms with Crippen LogP contribution in [0.4, 0.5) is 0 Å². The molecule has 0 saturated carbocycles. The number of nitrogens with one attached hydrogen (secondary N) is 2. The molecule has 0 bridgehead atoms. The molecule has 0 saturated heterocycles. The zero-order valence-electron chi connectivity index (χ0n) is 16.1. The fraction of sp³-hybridized carbons (Fsp3) is 0.421. The number of aryl methyl sites for hydroxylation is 1. The molecule has 2 rings (SSSR count). The van der Waals surface area contributed by atoms with E-state index in [9.17, 15) is 19.2 Å². The molecular weight excluding hydrogens is 364 g/mol. The van der Waals surface area contributed by atoms with E-state index in [1.165, 1.54) is 11.7 Å². The molecule has 28 heavy (non-hydrogen) atoms. The van der Waals surface area contributed by atoms with Gasteiger partial charge in [-0.3, -0.25) is 14.4 Å². The molecule has 0 spiro atoms. The molecule has 2 aromatic rings. The molecule has 0 aliphatic heterocycles. The van der Waals surface area contributed by atoms with Crippen LogP contribution < -0.4 is 16.2 Å². The summed E-state index contributed by atoms with van der Waals surface area (Å²) in [4.78, 5) is 47.5. The second-order valence-corrected chi connectivity index (χ2v) is 6.96. The summed E-state index contributed by atoms with van der Waals surface area (Å²) >= 11 is 0. The molecule has 0 aliphatic carbocycles. The van der Waals surface area contributed by atoms with E-state index in [0.29, 0.717) is 22.9 Å². The maximum atomic E-state index is 12.2. The Labute approximate surface area is 161 Å². The third-order valence-corrected chi connectivity index (χ3v) is 4.15. The highest BCUT2D eigenvalue weighted by Gasteiger charge is 2.21. The normalized spacial score (nSPS) is 12.0. The third-order valence-electron chi connectivity index (χ3n) is 4.15. The fourth-order valence-corrected chi connectivity index (χ4v) is 2.84. The van der Waals surface area contributed by atoms with Gasteiger partial charge in [-0.2, -0.15) is 5.10 Å². The van der Waals surface area contributed by atoms with Gasteiger partial charge in [0.15, 0.2) is 0 Å². The number of rotatable bonds is 8. The van der Waals surface area contributed by atoms with Crippen LogP contribution in [0.25, 0.3) is 10.8 Å². The van der Waals surface area contributed by atoms with Gasteiger partial charge in [0.05, 0.1) is 24.0 Å². The number of nitrogens with zero attached hydrogens (tertiary/aromatic N) is 2. The Morgan fingerprint density at radius 3 is 2.39 bits per heavy atom. The first-order valence-corrected chi connectivity index (χ1v) is 8.92. The minimum Gasteiger partial charge on any atom is -0.480 e. The number of fused-ring (bicyclic) bond motifs is 1. The van der Waals surface area contributed by atoms with Crippen molar-refractivity contribution in [3.05, 3.63) is 40.3 Å². The van der Waals surface area contributed by atoms with Crippen molar-refractivity contribution in [2.24, 2.45) is 13.0 Å². The summed E-state index contributed by atoms with van der Waals surface area (Å²) in [5.41, 5.74) is 0.155. The molecule has 150 valence electrons. The Bertz CT molecular complexity index is 951. The zero-order valence-corrected chi connectivity index (χ0v) is 16.1. The number of benzene rings is 1. The lowest BCUT2D eigenvalue weighted by molar-refractivity contribution is -0.142. The first-order chi connectivity index (χ1) is 13.2. The highest BCUT2D eigenvalue weighted by atomic mass is 16.4. The topological polar surface area (TPSA) is 130 Å². The minimum absolute atomic E-state index is 0.0973. The molecule has 0 aliphatic rings. The minimum atomic E-state index is -1.12. The van der Waals surface area contributed by atoms with Crippen LogP contribution >= 0.6 is 0 Å². The van der Waals surface area contributed by atoms with Crippen LogP contribution in [0.15, 0.2) is 29.1 Å². The van der Waals surface area contributed by atoms with Gasteiger partial charge in [-0.05, 0) is 18.4 Å². The average Bonchev–Trinajstić information content (AvgIpc) is 2.63. The average molecular weight is 388 g/mol. The number of carbonyl (C=O) groups excluding carboxylic acids is 2. The highest BCUT2D eigenvalue weighted by molar-refractivity contribution is 5.91. The van der Waals surface area contributed by atoms with E-state index >= 15 is 0 Å². The molecule has 9 heteroatoms. The lowest BCUT2D eigenvalue weighted by Gasteiger charge is -2.16. The Balaban J connectivity index is 2.00. The maximum Gasteiger partial charge on any atom is 0.326 e. The predicted molar refractivity (Wildman–Crippen MR) is 103 cm³/mol. The molecule has 2 amide bonds. The Kier molecular flexibility index (Phi) is 6.86. The van der Waals surface area contributed by atoms with Crippen LogP contribution in [0.5, 0.6) is 0 Å². The van der Waals surface area contributed by atoms with Gasteiger partial charge in [-0.25, -0.2) is 9.48 Å². The summed E-state index contributed by atoms with van der Waals surface area (Å²) in [6.45, 7) is 3.37. The monoisotopic (exact) mass is 388 g/mol. The zero-order chi connectivity index (χ0) is 20.8. The first-order valence-electron chi connectivity index (χ1n) is 8.92. The van der Waals surface area contributed by atoms with E-state index in [0.717, 1.165) is 0 Å². The van der Waals surface area contributed by atoms with Crippen molar-refractivity contribution in [3.63, 3.8) is 0 Å². The smallest absolute Gasteiger partial charge is 0.326 e. The van der Waals surface area contributed by atoms with Crippen molar-refractivity contribution < 1.29 is 19.5 Å². The molecule has 9 nitrogen and oxygen atoms in total. The van der Waals surface area contributed by atoms with Crippen LogP contribution in [-0.2, 0) is 27.9 Å². The van der Waals surface area contributed by atoms with Crippen molar-refractivity contribution in [1.29, 1.82) is 0 Å². The standard InChI is InChI=1S/C19H24N4O5/c1-11(2)8-15(19(27)28)21-17(25)10-20-16(24)9-14-12-6-4-5-7-13(12)18(26)23(3)22-14/h4-7,11,15H,8-10H2,1-3H3,(H,20,24)(H,21,25)(H,27,28)/t15-/m0/s1. The number of hydrogen-bond donors (Lipinski definition) is 3. The van der Waals surface area contributed by atoms with Crippen LogP contribution in [0.3, 0.4) is 0 Å². The van der Waals surface area contributed by atoms with Crippen molar-refractivity contribution in [2.45, 2.75) is 32.7 Å². The molecule has 0 radical (unpaired) electrons.